The van der Waals surface area contributed by atoms with Crippen LogP contribution in [0.2, 0.25) is 0 Å². The second-order valence-electron chi connectivity index (χ2n) is 3.69. The van der Waals surface area contributed by atoms with Crippen LogP contribution >= 0.6 is 0 Å². The molecule has 1 unspecified atom stereocenters. The fraction of sp³-hybridized carbons (Fsp3) is 0.400. The molecule has 0 saturated carbocycles. The highest BCUT2D eigenvalue weighted by atomic mass is 16.1. The summed E-state index contributed by atoms with van der Waals surface area (Å²) < 4.78 is 2.88. The SMILES string of the molecule is CNC(C)c1ncnn1-c1ccc(=O)n(C)n1. The van der Waals surface area contributed by atoms with Gasteiger partial charge in [-0.05, 0) is 20.0 Å². The molecule has 1 atom stereocenters. The Kier molecular flexibility index (Phi) is 3.01. The van der Waals surface area contributed by atoms with Crippen LogP contribution in [0.15, 0.2) is 23.3 Å². The monoisotopic (exact) mass is 234 g/mol. The van der Waals surface area contributed by atoms with Crippen molar-refractivity contribution in [3.63, 3.8) is 0 Å². The molecule has 7 nitrogen and oxygen atoms in total. The molecule has 0 aromatic carbocycles. The maximum absolute atomic E-state index is 11.3. The van der Waals surface area contributed by atoms with Gasteiger partial charge in [-0.25, -0.2) is 9.67 Å². The van der Waals surface area contributed by atoms with E-state index in [0.717, 1.165) is 5.82 Å². The molecular formula is C10H14N6O. The Bertz CT molecular complexity index is 572. The molecule has 1 N–H and O–H groups in total. The van der Waals surface area contributed by atoms with Gasteiger partial charge >= 0.3 is 0 Å². The van der Waals surface area contributed by atoms with E-state index in [9.17, 15) is 4.79 Å². The molecule has 0 aliphatic heterocycles. The molecule has 0 fully saturated rings. The van der Waals surface area contributed by atoms with E-state index >= 15 is 0 Å². The van der Waals surface area contributed by atoms with Crippen molar-refractivity contribution in [2.45, 2.75) is 13.0 Å². The van der Waals surface area contributed by atoms with Crippen LogP contribution in [0.3, 0.4) is 0 Å². The number of aryl methyl sites for hydroxylation is 1. The average molecular weight is 234 g/mol. The molecule has 90 valence electrons. The lowest BCUT2D eigenvalue weighted by Gasteiger charge is -2.11. The van der Waals surface area contributed by atoms with Crippen molar-refractivity contribution in [3.05, 3.63) is 34.6 Å². The molecule has 0 radical (unpaired) electrons. The first kappa shape index (κ1) is 11.5. The van der Waals surface area contributed by atoms with Crippen molar-refractivity contribution >= 4 is 0 Å². The summed E-state index contributed by atoms with van der Waals surface area (Å²) in [6, 6.07) is 3.14. The van der Waals surface area contributed by atoms with Crippen LogP contribution < -0.4 is 10.9 Å². The van der Waals surface area contributed by atoms with E-state index in [1.54, 1.807) is 17.8 Å². The number of hydrogen-bond acceptors (Lipinski definition) is 5. The van der Waals surface area contributed by atoms with E-state index in [1.807, 2.05) is 14.0 Å². The van der Waals surface area contributed by atoms with Gasteiger partial charge in [0.25, 0.3) is 5.56 Å². The van der Waals surface area contributed by atoms with Gasteiger partial charge in [0.2, 0.25) is 0 Å². The lowest BCUT2D eigenvalue weighted by Crippen LogP contribution is -2.22. The first-order chi connectivity index (χ1) is 8.13. The molecule has 7 heteroatoms. The number of nitrogens with one attached hydrogen (secondary N) is 1. The van der Waals surface area contributed by atoms with Gasteiger partial charge in [-0.2, -0.15) is 9.78 Å². The Hall–Kier alpha value is -2.02. The molecule has 0 bridgehead atoms. The molecular weight excluding hydrogens is 220 g/mol. The molecule has 0 amide bonds. The number of rotatable bonds is 3. The van der Waals surface area contributed by atoms with Crippen LogP contribution in [0, 0.1) is 0 Å². The van der Waals surface area contributed by atoms with E-state index in [1.165, 1.54) is 17.1 Å². The van der Waals surface area contributed by atoms with Crippen LogP contribution in [0.25, 0.3) is 5.82 Å². The largest absolute Gasteiger partial charge is 0.311 e. The summed E-state index contributed by atoms with van der Waals surface area (Å²) in [6.45, 7) is 1.97. The first-order valence-electron chi connectivity index (χ1n) is 5.25. The van der Waals surface area contributed by atoms with Crippen LogP contribution in [0.4, 0.5) is 0 Å². The van der Waals surface area contributed by atoms with Gasteiger partial charge in [0.15, 0.2) is 11.6 Å². The summed E-state index contributed by atoms with van der Waals surface area (Å²) in [4.78, 5) is 15.4. The normalized spacial score (nSPS) is 12.6. The van der Waals surface area contributed by atoms with E-state index < -0.39 is 0 Å². The zero-order valence-electron chi connectivity index (χ0n) is 9.95. The summed E-state index contributed by atoms with van der Waals surface area (Å²) in [6.07, 6.45) is 1.47. The lowest BCUT2D eigenvalue weighted by molar-refractivity contribution is 0.575. The van der Waals surface area contributed by atoms with Gasteiger partial charge < -0.3 is 5.32 Å². The summed E-state index contributed by atoms with van der Waals surface area (Å²) >= 11 is 0. The van der Waals surface area contributed by atoms with E-state index in [2.05, 4.69) is 20.5 Å². The fourth-order valence-corrected chi connectivity index (χ4v) is 1.45. The molecule has 0 saturated heterocycles. The fourth-order valence-electron chi connectivity index (χ4n) is 1.45. The summed E-state index contributed by atoms with van der Waals surface area (Å²) in [5.41, 5.74) is -0.155. The number of nitrogens with zero attached hydrogens (tertiary/aromatic N) is 5. The minimum Gasteiger partial charge on any atom is -0.311 e. The highest BCUT2D eigenvalue weighted by Crippen LogP contribution is 2.11. The third-order valence-corrected chi connectivity index (χ3v) is 2.56. The zero-order valence-corrected chi connectivity index (χ0v) is 9.95. The molecule has 2 heterocycles. The molecule has 2 aromatic rings. The Morgan fingerprint density at radius 1 is 1.41 bits per heavy atom. The summed E-state index contributed by atoms with van der Waals surface area (Å²) in [5, 5.41) is 11.3. The second-order valence-corrected chi connectivity index (χ2v) is 3.69. The zero-order chi connectivity index (χ0) is 12.4. The molecule has 17 heavy (non-hydrogen) atoms. The van der Waals surface area contributed by atoms with Gasteiger partial charge in [-0.3, -0.25) is 4.79 Å². The second kappa shape index (κ2) is 4.46. The van der Waals surface area contributed by atoms with Crippen molar-refractivity contribution in [1.29, 1.82) is 0 Å². The van der Waals surface area contributed by atoms with Gasteiger partial charge in [0, 0.05) is 13.1 Å². The quantitative estimate of drug-likeness (QED) is 0.784. The lowest BCUT2D eigenvalue weighted by atomic mass is 10.3. The van der Waals surface area contributed by atoms with E-state index in [0.29, 0.717) is 5.82 Å². The predicted octanol–water partition coefficient (Wildman–Crippen LogP) is -0.359. The predicted molar refractivity (Wildman–Crippen MR) is 61.9 cm³/mol. The Morgan fingerprint density at radius 2 is 2.18 bits per heavy atom. The highest BCUT2D eigenvalue weighted by molar-refractivity contribution is 5.20. The Labute approximate surface area is 98.1 Å². The van der Waals surface area contributed by atoms with Crippen LogP contribution in [0.1, 0.15) is 18.8 Å². The molecule has 0 aliphatic carbocycles. The summed E-state index contributed by atoms with van der Waals surface area (Å²) in [5.74, 6) is 1.32. The Balaban J connectivity index is 2.49. The molecule has 0 aliphatic rings. The third-order valence-electron chi connectivity index (χ3n) is 2.56. The Morgan fingerprint density at radius 3 is 2.82 bits per heavy atom. The molecule has 2 aromatic heterocycles. The number of hydrogen-bond donors (Lipinski definition) is 1. The minimum atomic E-state index is -0.155. The van der Waals surface area contributed by atoms with E-state index in [-0.39, 0.29) is 11.6 Å². The van der Waals surface area contributed by atoms with Crippen molar-refractivity contribution < 1.29 is 0 Å². The third kappa shape index (κ3) is 2.09. The van der Waals surface area contributed by atoms with Crippen LogP contribution in [-0.2, 0) is 7.05 Å². The van der Waals surface area contributed by atoms with E-state index in [4.69, 9.17) is 0 Å². The smallest absolute Gasteiger partial charge is 0.266 e. The van der Waals surface area contributed by atoms with Gasteiger partial charge in [0.1, 0.15) is 6.33 Å². The molecule has 0 spiro atoms. The minimum absolute atomic E-state index is 0.0523. The van der Waals surface area contributed by atoms with Crippen molar-refractivity contribution in [2.75, 3.05) is 7.05 Å². The topological polar surface area (TPSA) is 77.6 Å². The highest BCUT2D eigenvalue weighted by Gasteiger charge is 2.13. The van der Waals surface area contributed by atoms with Crippen molar-refractivity contribution in [2.24, 2.45) is 7.05 Å². The van der Waals surface area contributed by atoms with Crippen LogP contribution in [0.5, 0.6) is 0 Å². The maximum Gasteiger partial charge on any atom is 0.266 e. The maximum atomic E-state index is 11.3. The summed E-state index contributed by atoms with van der Waals surface area (Å²) in [7, 11) is 3.45. The average Bonchev–Trinajstić information content (AvgIpc) is 2.80. The standard InChI is InChI=1S/C10H14N6O/c1-7(11-2)10-12-6-13-16(10)8-4-5-9(17)15(3)14-8/h4-7,11H,1-3H3. The molecule has 2 rings (SSSR count). The number of aromatic nitrogens is 5. The van der Waals surface area contributed by atoms with Crippen molar-refractivity contribution in [3.8, 4) is 5.82 Å². The van der Waals surface area contributed by atoms with Gasteiger partial charge in [-0.1, -0.05) is 0 Å². The van der Waals surface area contributed by atoms with Gasteiger partial charge in [0.05, 0.1) is 6.04 Å². The van der Waals surface area contributed by atoms with Crippen molar-refractivity contribution in [1.82, 2.24) is 29.9 Å². The van der Waals surface area contributed by atoms with Gasteiger partial charge in [-0.15, -0.1) is 5.10 Å². The van der Waals surface area contributed by atoms with Crippen LogP contribution in [-0.4, -0.2) is 31.6 Å². The first-order valence-corrected chi connectivity index (χ1v) is 5.25.